The van der Waals surface area contributed by atoms with Crippen molar-refractivity contribution in [3.8, 4) is 11.5 Å². The highest BCUT2D eigenvalue weighted by atomic mass is 32.2. The third-order valence-electron chi connectivity index (χ3n) is 5.29. The second-order valence-electron chi connectivity index (χ2n) is 7.58. The van der Waals surface area contributed by atoms with Gasteiger partial charge < -0.3 is 24.2 Å². The van der Waals surface area contributed by atoms with Crippen molar-refractivity contribution in [3.63, 3.8) is 0 Å². The summed E-state index contributed by atoms with van der Waals surface area (Å²) in [6.07, 6.45) is 1.75. The number of carbonyl (C=O) groups excluding carboxylic acids is 1. The molecule has 0 radical (unpaired) electrons. The van der Waals surface area contributed by atoms with Crippen LogP contribution in [0.3, 0.4) is 0 Å². The number of aliphatic carboxylic acids is 1. The van der Waals surface area contributed by atoms with E-state index < -0.39 is 12.6 Å². The molecule has 0 bridgehead atoms. The Morgan fingerprint density at radius 3 is 2.59 bits per heavy atom. The number of thioether (sulfide) groups is 1. The zero-order chi connectivity index (χ0) is 24.1. The molecular weight excluding hydrogens is 458 g/mol. The molecule has 34 heavy (non-hydrogen) atoms. The fourth-order valence-corrected chi connectivity index (χ4v) is 4.49. The quantitative estimate of drug-likeness (QED) is 0.599. The number of rotatable bonds is 7. The van der Waals surface area contributed by atoms with E-state index in [2.05, 4.69) is 9.89 Å². The van der Waals surface area contributed by atoms with Crippen LogP contribution in [-0.2, 0) is 14.3 Å². The average Bonchev–Trinajstić information content (AvgIpc) is 3.11. The van der Waals surface area contributed by atoms with Crippen molar-refractivity contribution in [2.24, 2.45) is 4.99 Å². The molecule has 2 aromatic carbocycles. The Hall–Kier alpha value is -3.50. The van der Waals surface area contributed by atoms with E-state index in [1.54, 1.807) is 31.3 Å². The van der Waals surface area contributed by atoms with Gasteiger partial charge in [0.15, 0.2) is 23.3 Å². The second kappa shape index (κ2) is 10.6. The van der Waals surface area contributed by atoms with Gasteiger partial charge in [-0.3, -0.25) is 9.69 Å². The van der Waals surface area contributed by atoms with Crippen LogP contribution in [0.4, 0.5) is 11.4 Å². The number of anilines is 1. The number of benzene rings is 2. The molecular formula is C24H25N3O6S. The number of morpholine rings is 1. The lowest BCUT2D eigenvalue weighted by Crippen LogP contribution is -2.36. The van der Waals surface area contributed by atoms with Gasteiger partial charge in [0.2, 0.25) is 0 Å². The number of carbonyl (C=O) groups is 2. The average molecular weight is 484 g/mol. The molecule has 0 atom stereocenters. The summed E-state index contributed by atoms with van der Waals surface area (Å²) in [5.41, 5.74) is 2.61. The number of hydrogen-bond acceptors (Lipinski definition) is 8. The van der Waals surface area contributed by atoms with E-state index in [0.29, 0.717) is 21.6 Å². The first-order chi connectivity index (χ1) is 16.4. The molecule has 0 aliphatic carbocycles. The maximum absolute atomic E-state index is 12.8. The summed E-state index contributed by atoms with van der Waals surface area (Å²) < 4.78 is 15.9. The smallest absolute Gasteiger partial charge is 0.341 e. The highest BCUT2D eigenvalue weighted by Crippen LogP contribution is 2.35. The van der Waals surface area contributed by atoms with Gasteiger partial charge in [0, 0.05) is 25.8 Å². The number of carboxylic acid groups (broad SMARTS) is 1. The summed E-state index contributed by atoms with van der Waals surface area (Å²) in [5, 5.41) is 9.39. The maximum atomic E-state index is 12.8. The zero-order valence-electron chi connectivity index (χ0n) is 18.9. The van der Waals surface area contributed by atoms with Crippen LogP contribution in [0.25, 0.3) is 6.08 Å². The molecule has 1 amide bonds. The third-order valence-corrected chi connectivity index (χ3v) is 6.35. The number of nitrogens with zero attached hydrogens (tertiary/aromatic N) is 3. The molecule has 9 nitrogen and oxygen atoms in total. The molecule has 0 unspecified atom stereocenters. The Morgan fingerprint density at radius 1 is 1.18 bits per heavy atom. The van der Waals surface area contributed by atoms with Crippen LogP contribution in [0, 0.1) is 0 Å². The molecule has 0 spiro atoms. The molecule has 2 fully saturated rings. The SMILES string of the molecule is COc1cc(/C=C2/SC(=Nc3ccc(N4CCOCC4)cc3)N(C)C2=O)ccc1OCC(=O)O. The van der Waals surface area contributed by atoms with Crippen molar-refractivity contribution < 1.29 is 28.9 Å². The van der Waals surface area contributed by atoms with Crippen LogP contribution in [0.5, 0.6) is 11.5 Å². The van der Waals surface area contributed by atoms with Gasteiger partial charge >= 0.3 is 5.97 Å². The molecule has 2 aliphatic heterocycles. The lowest BCUT2D eigenvalue weighted by atomic mass is 10.2. The standard InChI is InChI=1S/C24H25N3O6S/c1-26-23(30)21(14-16-3-8-19(20(13-16)31-2)33-15-22(28)29)34-24(26)25-17-4-6-18(7-5-17)27-9-11-32-12-10-27/h3-8,13-14H,9-12,15H2,1-2H3,(H,28,29)/b21-14+,25-24?. The van der Waals surface area contributed by atoms with Gasteiger partial charge in [0.1, 0.15) is 0 Å². The number of amidine groups is 1. The van der Waals surface area contributed by atoms with Crippen molar-refractivity contribution >= 4 is 46.3 Å². The van der Waals surface area contributed by atoms with Crippen LogP contribution in [0.2, 0.25) is 0 Å². The largest absolute Gasteiger partial charge is 0.493 e. The highest BCUT2D eigenvalue weighted by molar-refractivity contribution is 8.18. The van der Waals surface area contributed by atoms with Crippen LogP contribution in [0.15, 0.2) is 52.4 Å². The Bertz CT molecular complexity index is 1130. The third kappa shape index (κ3) is 5.52. The summed E-state index contributed by atoms with van der Waals surface area (Å²) in [6.45, 7) is 2.72. The van der Waals surface area contributed by atoms with Gasteiger partial charge in [-0.1, -0.05) is 6.07 Å². The minimum Gasteiger partial charge on any atom is -0.493 e. The number of likely N-dealkylation sites (N-methyl/N-ethyl adjacent to an activating group) is 1. The Labute approximate surface area is 201 Å². The Balaban J connectivity index is 1.49. The minimum absolute atomic E-state index is 0.154. The van der Waals surface area contributed by atoms with E-state index in [0.717, 1.165) is 43.2 Å². The number of aliphatic imine (C=N–C) groups is 1. The first-order valence-corrected chi connectivity index (χ1v) is 11.5. The molecule has 2 aliphatic rings. The summed E-state index contributed by atoms with van der Waals surface area (Å²) in [4.78, 5) is 32.5. The first-order valence-electron chi connectivity index (χ1n) is 10.7. The number of ether oxygens (including phenoxy) is 3. The summed E-state index contributed by atoms with van der Waals surface area (Å²) in [5.74, 6) is -0.531. The monoisotopic (exact) mass is 483 g/mol. The van der Waals surface area contributed by atoms with Crippen molar-refractivity contribution in [2.75, 3.05) is 52.0 Å². The highest BCUT2D eigenvalue weighted by Gasteiger charge is 2.30. The van der Waals surface area contributed by atoms with E-state index >= 15 is 0 Å². The van der Waals surface area contributed by atoms with E-state index in [1.807, 2.05) is 24.3 Å². The molecule has 0 aromatic heterocycles. The van der Waals surface area contributed by atoms with Crippen LogP contribution in [0.1, 0.15) is 5.56 Å². The number of amides is 1. The predicted molar refractivity (Wildman–Crippen MR) is 131 cm³/mol. The molecule has 178 valence electrons. The fraction of sp³-hybridized carbons (Fsp3) is 0.292. The molecule has 2 heterocycles. The van der Waals surface area contributed by atoms with E-state index in [9.17, 15) is 9.59 Å². The predicted octanol–water partition coefficient (Wildman–Crippen LogP) is 3.23. The first kappa shape index (κ1) is 23.7. The van der Waals surface area contributed by atoms with Gasteiger partial charge in [-0.05, 0) is 59.8 Å². The second-order valence-corrected chi connectivity index (χ2v) is 8.59. The van der Waals surface area contributed by atoms with E-state index in [4.69, 9.17) is 19.3 Å². The van der Waals surface area contributed by atoms with Crippen molar-refractivity contribution in [1.82, 2.24) is 4.90 Å². The number of carboxylic acids is 1. The van der Waals surface area contributed by atoms with Gasteiger partial charge in [-0.25, -0.2) is 9.79 Å². The van der Waals surface area contributed by atoms with Gasteiger partial charge in [-0.15, -0.1) is 0 Å². The van der Waals surface area contributed by atoms with Crippen molar-refractivity contribution in [1.29, 1.82) is 0 Å². The number of hydrogen-bond donors (Lipinski definition) is 1. The van der Waals surface area contributed by atoms with E-state index in [1.165, 1.54) is 23.8 Å². The van der Waals surface area contributed by atoms with Gasteiger partial charge in [0.25, 0.3) is 5.91 Å². The molecule has 2 aromatic rings. The summed E-state index contributed by atoms with van der Waals surface area (Å²) >= 11 is 1.29. The Morgan fingerprint density at radius 2 is 1.91 bits per heavy atom. The molecule has 1 N–H and O–H groups in total. The fourth-order valence-electron chi connectivity index (χ4n) is 3.51. The molecule has 10 heteroatoms. The van der Waals surface area contributed by atoms with Crippen LogP contribution >= 0.6 is 11.8 Å². The topological polar surface area (TPSA) is 101 Å². The lowest BCUT2D eigenvalue weighted by Gasteiger charge is -2.28. The lowest BCUT2D eigenvalue weighted by molar-refractivity contribution is -0.139. The van der Waals surface area contributed by atoms with Crippen molar-refractivity contribution in [2.45, 2.75) is 0 Å². The maximum Gasteiger partial charge on any atom is 0.341 e. The normalized spacial score (nSPS) is 18.6. The van der Waals surface area contributed by atoms with Crippen molar-refractivity contribution in [3.05, 3.63) is 52.9 Å². The molecule has 4 rings (SSSR count). The molecule has 0 saturated carbocycles. The zero-order valence-corrected chi connectivity index (χ0v) is 19.7. The summed E-state index contributed by atoms with van der Waals surface area (Å²) in [7, 11) is 3.17. The minimum atomic E-state index is -1.08. The molecule has 2 saturated heterocycles. The van der Waals surface area contributed by atoms with Gasteiger partial charge in [-0.2, -0.15) is 0 Å². The van der Waals surface area contributed by atoms with Gasteiger partial charge in [0.05, 0.1) is 30.9 Å². The van der Waals surface area contributed by atoms with E-state index in [-0.39, 0.29) is 5.91 Å². The van der Waals surface area contributed by atoms with Crippen LogP contribution in [-0.4, -0.2) is 74.1 Å². The summed E-state index contributed by atoms with van der Waals surface area (Å²) in [6, 6.07) is 13.0. The number of methoxy groups -OCH3 is 1. The Kier molecular flexibility index (Phi) is 7.39. The van der Waals surface area contributed by atoms with Crippen LogP contribution < -0.4 is 14.4 Å².